The molecular formula is C13H21NO. The quantitative estimate of drug-likeness (QED) is 0.799. The molecule has 2 nitrogen and oxygen atoms in total. The minimum atomic E-state index is -0.439. The van der Waals surface area contributed by atoms with E-state index in [1.54, 1.807) is 0 Å². The molecule has 0 unspecified atom stereocenters. The van der Waals surface area contributed by atoms with Gasteiger partial charge in [-0.15, -0.1) is 0 Å². The van der Waals surface area contributed by atoms with Crippen LogP contribution in [-0.4, -0.2) is 11.7 Å². The van der Waals surface area contributed by atoms with E-state index in [1.807, 2.05) is 18.2 Å². The zero-order chi connectivity index (χ0) is 11.5. The third-order valence-electron chi connectivity index (χ3n) is 2.57. The van der Waals surface area contributed by atoms with Gasteiger partial charge in [-0.1, -0.05) is 45.0 Å². The number of hydrogen-bond donors (Lipinski definition) is 2. The molecule has 1 atom stereocenters. The standard InChI is InChI=1S/C13H21NO/c1-13(2,3)11-7-5-4-6-10(11)12(15)8-9-14/h4-7,12,15H,8-9,14H2,1-3H3/t12-/m0/s1. The summed E-state index contributed by atoms with van der Waals surface area (Å²) in [5.41, 5.74) is 7.74. The van der Waals surface area contributed by atoms with Gasteiger partial charge in [0.05, 0.1) is 6.10 Å². The fraction of sp³-hybridized carbons (Fsp3) is 0.538. The molecule has 84 valence electrons. The van der Waals surface area contributed by atoms with Crippen molar-refractivity contribution in [1.29, 1.82) is 0 Å². The highest BCUT2D eigenvalue weighted by atomic mass is 16.3. The van der Waals surface area contributed by atoms with Crippen LogP contribution < -0.4 is 5.73 Å². The van der Waals surface area contributed by atoms with Crippen LogP contribution >= 0.6 is 0 Å². The predicted molar refractivity (Wildman–Crippen MR) is 63.8 cm³/mol. The summed E-state index contributed by atoms with van der Waals surface area (Å²) in [6, 6.07) is 8.04. The van der Waals surface area contributed by atoms with Gasteiger partial charge in [0.2, 0.25) is 0 Å². The maximum Gasteiger partial charge on any atom is 0.0804 e. The van der Waals surface area contributed by atoms with E-state index < -0.39 is 6.10 Å². The molecule has 0 amide bonds. The average Bonchev–Trinajstić information content (AvgIpc) is 2.17. The first-order valence-electron chi connectivity index (χ1n) is 5.44. The van der Waals surface area contributed by atoms with Crippen LogP contribution in [0.3, 0.4) is 0 Å². The minimum Gasteiger partial charge on any atom is -0.388 e. The number of aliphatic hydroxyl groups is 1. The summed E-state index contributed by atoms with van der Waals surface area (Å²) in [7, 11) is 0. The average molecular weight is 207 g/mol. The lowest BCUT2D eigenvalue weighted by atomic mass is 9.82. The van der Waals surface area contributed by atoms with Crippen LogP contribution in [0.1, 0.15) is 44.4 Å². The third kappa shape index (κ3) is 3.05. The minimum absolute atomic E-state index is 0.0617. The van der Waals surface area contributed by atoms with Gasteiger partial charge in [-0.25, -0.2) is 0 Å². The molecule has 0 aliphatic heterocycles. The van der Waals surface area contributed by atoms with Gasteiger partial charge in [-0.05, 0) is 29.5 Å². The van der Waals surface area contributed by atoms with E-state index in [2.05, 4.69) is 26.8 Å². The Balaban J connectivity index is 3.06. The molecule has 15 heavy (non-hydrogen) atoms. The summed E-state index contributed by atoms with van der Waals surface area (Å²) in [5, 5.41) is 9.98. The van der Waals surface area contributed by atoms with Gasteiger partial charge < -0.3 is 10.8 Å². The first-order chi connectivity index (χ1) is 6.96. The van der Waals surface area contributed by atoms with Crippen LogP contribution in [0.2, 0.25) is 0 Å². The van der Waals surface area contributed by atoms with Crippen molar-refractivity contribution in [2.45, 2.75) is 38.7 Å². The van der Waals surface area contributed by atoms with Crippen molar-refractivity contribution in [3.05, 3.63) is 35.4 Å². The molecule has 1 aromatic carbocycles. The molecule has 0 fully saturated rings. The summed E-state index contributed by atoms with van der Waals surface area (Å²) >= 11 is 0. The van der Waals surface area contributed by atoms with Crippen LogP contribution in [0, 0.1) is 0 Å². The van der Waals surface area contributed by atoms with Gasteiger partial charge in [0, 0.05) is 0 Å². The predicted octanol–water partition coefficient (Wildman–Crippen LogP) is 2.37. The van der Waals surface area contributed by atoms with Gasteiger partial charge in [-0.3, -0.25) is 0 Å². The van der Waals surface area contributed by atoms with E-state index in [4.69, 9.17) is 5.73 Å². The summed E-state index contributed by atoms with van der Waals surface area (Å²) in [6.45, 7) is 6.97. The number of rotatable bonds is 3. The Morgan fingerprint density at radius 2 is 1.87 bits per heavy atom. The van der Waals surface area contributed by atoms with E-state index in [9.17, 15) is 5.11 Å². The monoisotopic (exact) mass is 207 g/mol. The van der Waals surface area contributed by atoms with Crippen LogP contribution in [0.5, 0.6) is 0 Å². The summed E-state index contributed by atoms with van der Waals surface area (Å²) in [4.78, 5) is 0. The zero-order valence-electron chi connectivity index (χ0n) is 9.83. The highest BCUT2D eigenvalue weighted by Gasteiger charge is 2.20. The van der Waals surface area contributed by atoms with Gasteiger partial charge in [0.1, 0.15) is 0 Å². The van der Waals surface area contributed by atoms with Crippen molar-refractivity contribution >= 4 is 0 Å². The van der Waals surface area contributed by atoms with Gasteiger partial charge in [0.15, 0.2) is 0 Å². The highest BCUT2D eigenvalue weighted by Crippen LogP contribution is 2.30. The Hall–Kier alpha value is -0.860. The fourth-order valence-corrected chi connectivity index (χ4v) is 1.78. The van der Waals surface area contributed by atoms with E-state index in [-0.39, 0.29) is 5.41 Å². The van der Waals surface area contributed by atoms with Gasteiger partial charge >= 0.3 is 0 Å². The zero-order valence-corrected chi connectivity index (χ0v) is 9.83. The molecule has 2 heteroatoms. The van der Waals surface area contributed by atoms with Crippen LogP contribution in [0.15, 0.2) is 24.3 Å². The van der Waals surface area contributed by atoms with Gasteiger partial charge in [0.25, 0.3) is 0 Å². The van der Waals surface area contributed by atoms with Crippen molar-refractivity contribution in [2.24, 2.45) is 5.73 Å². The largest absolute Gasteiger partial charge is 0.388 e. The fourth-order valence-electron chi connectivity index (χ4n) is 1.78. The Bertz CT molecular complexity index is 315. The Morgan fingerprint density at radius 1 is 1.27 bits per heavy atom. The number of aliphatic hydroxyl groups excluding tert-OH is 1. The SMILES string of the molecule is CC(C)(C)c1ccccc1[C@@H](O)CCN. The first kappa shape index (κ1) is 12.2. The van der Waals surface area contributed by atoms with E-state index in [0.29, 0.717) is 13.0 Å². The molecule has 0 aliphatic carbocycles. The normalized spacial score (nSPS) is 13.9. The Kier molecular flexibility index (Phi) is 3.89. The van der Waals surface area contributed by atoms with E-state index in [0.717, 1.165) is 5.56 Å². The molecular weight excluding hydrogens is 186 g/mol. The van der Waals surface area contributed by atoms with Crippen LogP contribution in [0.4, 0.5) is 0 Å². The van der Waals surface area contributed by atoms with Crippen molar-refractivity contribution < 1.29 is 5.11 Å². The molecule has 0 saturated carbocycles. The second-order valence-corrected chi connectivity index (χ2v) is 4.93. The molecule has 0 aliphatic rings. The van der Waals surface area contributed by atoms with Crippen molar-refractivity contribution in [2.75, 3.05) is 6.54 Å². The van der Waals surface area contributed by atoms with E-state index in [1.165, 1.54) is 5.56 Å². The Morgan fingerprint density at radius 3 is 2.40 bits per heavy atom. The van der Waals surface area contributed by atoms with Crippen LogP contribution in [-0.2, 0) is 5.41 Å². The molecule has 0 radical (unpaired) electrons. The van der Waals surface area contributed by atoms with Crippen LogP contribution in [0.25, 0.3) is 0 Å². The second-order valence-electron chi connectivity index (χ2n) is 4.93. The number of nitrogens with two attached hydrogens (primary N) is 1. The third-order valence-corrected chi connectivity index (χ3v) is 2.57. The maximum absolute atomic E-state index is 9.98. The highest BCUT2D eigenvalue weighted by molar-refractivity contribution is 5.34. The molecule has 0 aromatic heterocycles. The topological polar surface area (TPSA) is 46.2 Å². The summed E-state index contributed by atoms with van der Waals surface area (Å²) in [6.07, 6.45) is 0.179. The number of hydrogen-bond acceptors (Lipinski definition) is 2. The van der Waals surface area contributed by atoms with Gasteiger partial charge in [-0.2, -0.15) is 0 Å². The molecule has 1 rings (SSSR count). The van der Waals surface area contributed by atoms with Crippen molar-refractivity contribution in [3.63, 3.8) is 0 Å². The lowest BCUT2D eigenvalue weighted by molar-refractivity contribution is 0.168. The lowest BCUT2D eigenvalue weighted by Crippen LogP contribution is -2.17. The first-order valence-corrected chi connectivity index (χ1v) is 5.44. The molecule has 0 bridgehead atoms. The molecule has 3 N–H and O–H groups in total. The molecule has 0 spiro atoms. The summed E-state index contributed by atoms with van der Waals surface area (Å²) < 4.78 is 0. The van der Waals surface area contributed by atoms with Crippen molar-refractivity contribution in [3.8, 4) is 0 Å². The van der Waals surface area contributed by atoms with E-state index >= 15 is 0 Å². The Labute approximate surface area is 92.1 Å². The second kappa shape index (κ2) is 4.77. The molecule has 0 saturated heterocycles. The maximum atomic E-state index is 9.98. The number of benzene rings is 1. The molecule has 0 heterocycles. The lowest BCUT2D eigenvalue weighted by Gasteiger charge is -2.25. The smallest absolute Gasteiger partial charge is 0.0804 e. The van der Waals surface area contributed by atoms with Crippen molar-refractivity contribution in [1.82, 2.24) is 0 Å². The summed E-state index contributed by atoms with van der Waals surface area (Å²) in [5.74, 6) is 0. The molecule has 1 aromatic rings.